The van der Waals surface area contributed by atoms with Crippen molar-refractivity contribution in [2.24, 2.45) is 0 Å². The van der Waals surface area contributed by atoms with Crippen LogP contribution in [-0.4, -0.2) is 12.5 Å². The van der Waals surface area contributed by atoms with Crippen molar-refractivity contribution in [3.8, 4) is 5.75 Å². The van der Waals surface area contributed by atoms with Crippen molar-refractivity contribution < 1.29 is 9.53 Å². The Bertz CT molecular complexity index is 647. The van der Waals surface area contributed by atoms with Crippen LogP contribution in [-0.2, 0) is 0 Å². The minimum atomic E-state index is -0.0702. The molecule has 0 aliphatic rings. The second-order valence-electron chi connectivity index (χ2n) is 5.52. The van der Waals surface area contributed by atoms with E-state index in [1.165, 1.54) is 5.56 Å². The predicted molar refractivity (Wildman–Crippen MR) is 89.4 cm³/mol. The molecule has 1 atom stereocenters. The first-order valence-corrected chi connectivity index (χ1v) is 7.62. The summed E-state index contributed by atoms with van der Waals surface area (Å²) in [5.74, 6) is 0.754. The highest BCUT2D eigenvalue weighted by Crippen LogP contribution is 2.20. The van der Waals surface area contributed by atoms with Crippen molar-refractivity contribution in [3.05, 3.63) is 64.7 Å². The summed E-state index contributed by atoms with van der Waals surface area (Å²) in [6, 6.07) is 13.7. The minimum Gasteiger partial charge on any atom is -0.494 e. The second kappa shape index (κ2) is 7.12. The van der Waals surface area contributed by atoms with Gasteiger partial charge in [0.15, 0.2) is 0 Å². The van der Waals surface area contributed by atoms with E-state index >= 15 is 0 Å². The van der Waals surface area contributed by atoms with Crippen LogP contribution in [0.15, 0.2) is 42.5 Å². The third-order valence-electron chi connectivity index (χ3n) is 3.66. The molecule has 3 nitrogen and oxygen atoms in total. The van der Waals surface area contributed by atoms with Crippen molar-refractivity contribution in [2.45, 2.75) is 33.7 Å². The SMILES string of the molecule is CCOc1ccc(C(=O)NC(C)c2ccc(C)cc2)cc1C. The fourth-order valence-electron chi connectivity index (χ4n) is 2.33. The van der Waals surface area contributed by atoms with Crippen LogP contribution in [0.5, 0.6) is 5.75 Å². The van der Waals surface area contributed by atoms with Crippen LogP contribution in [0, 0.1) is 13.8 Å². The summed E-state index contributed by atoms with van der Waals surface area (Å²) in [5.41, 5.74) is 3.93. The van der Waals surface area contributed by atoms with Crippen molar-refractivity contribution in [3.63, 3.8) is 0 Å². The van der Waals surface area contributed by atoms with E-state index in [0.29, 0.717) is 12.2 Å². The standard InChI is InChI=1S/C19H23NO2/c1-5-22-18-11-10-17(12-14(18)3)19(21)20-15(4)16-8-6-13(2)7-9-16/h6-12,15H,5H2,1-4H3,(H,20,21). The van der Waals surface area contributed by atoms with Gasteiger partial charge in [-0.25, -0.2) is 0 Å². The van der Waals surface area contributed by atoms with Crippen LogP contribution >= 0.6 is 0 Å². The quantitative estimate of drug-likeness (QED) is 0.898. The van der Waals surface area contributed by atoms with Gasteiger partial charge in [0.25, 0.3) is 5.91 Å². The average Bonchev–Trinajstić information content (AvgIpc) is 2.50. The molecule has 0 heterocycles. The molecule has 2 aromatic carbocycles. The third-order valence-corrected chi connectivity index (χ3v) is 3.66. The predicted octanol–water partition coefficient (Wildman–Crippen LogP) is 4.19. The van der Waals surface area contributed by atoms with Crippen molar-refractivity contribution in [2.75, 3.05) is 6.61 Å². The van der Waals surface area contributed by atoms with E-state index in [-0.39, 0.29) is 11.9 Å². The number of nitrogens with one attached hydrogen (secondary N) is 1. The maximum absolute atomic E-state index is 12.4. The lowest BCUT2D eigenvalue weighted by atomic mass is 10.1. The van der Waals surface area contributed by atoms with Gasteiger partial charge in [0.05, 0.1) is 12.6 Å². The number of carbonyl (C=O) groups excluding carboxylic acids is 1. The Morgan fingerprint density at radius 1 is 1.14 bits per heavy atom. The number of carbonyl (C=O) groups is 1. The minimum absolute atomic E-state index is 0.0278. The van der Waals surface area contributed by atoms with E-state index in [1.54, 1.807) is 6.07 Å². The zero-order valence-electron chi connectivity index (χ0n) is 13.6. The van der Waals surface area contributed by atoms with Crippen molar-refractivity contribution >= 4 is 5.91 Å². The maximum atomic E-state index is 12.4. The molecule has 0 spiro atoms. The van der Waals surface area contributed by atoms with Gasteiger partial charge < -0.3 is 10.1 Å². The van der Waals surface area contributed by atoms with Gasteiger partial charge in [0.1, 0.15) is 5.75 Å². The lowest BCUT2D eigenvalue weighted by Crippen LogP contribution is -2.26. The molecule has 0 fully saturated rings. The Labute approximate surface area is 132 Å². The van der Waals surface area contributed by atoms with Gasteiger partial charge in [-0.05, 0) is 57.0 Å². The molecule has 1 N–H and O–H groups in total. The second-order valence-corrected chi connectivity index (χ2v) is 5.52. The van der Waals surface area contributed by atoms with E-state index in [1.807, 2.05) is 45.0 Å². The molecule has 0 saturated carbocycles. The lowest BCUT2D eigenvalue weighted by Gasteiger charge is -2.15. The van der Waals surface area contributed by atoms with Crippen molar-refractivity contribution in [1.29, 1.82) is 0 Å². The first-order valence-electron chi connectivity index (χ1n) is 7.62. The summed E-state index contributed by atoms with van der Waals surface area (Å²) < 4.78 is 5.50. The van der Waals surface area contributed by atoms with Crippen LogP contribution in [0.25, 0.3) is 0 Å². The highest BCUT2D eigenvalue weighted by Gasteiger charge is 2.12. The number of hydrogen-bond acceptors (Lipinski definition) is 2. The summed E-state index contributed by atoms with van der Waals surface area (Å²) in [6.45, 7) is 8.56. The number of amides is 1. The van der Waals surface area contributed by atoms with Gasteiger partial charge in [-0.2, -0.15) is 0 Å². The van der Waals surface area contributed by atoms with Gasteiger partial charge in [-0.15, -0.1) is 0 Å². The van der Waals surface area contributed by atoms with Gasteiger partial charge in [0.2, 0.25) is 0 Å². The first-order chi connectivity index (χ1) is 10.5. The van der Waals surface area contributed by atoms with Gasteiger partial charge in [-0.3, -0.25) is 4.79 Å². The van der Waals surface area contributed by atoms with Crippen LogP contribution in [0.2, 0.25) is 0 Å². The maximum Gasteiger partial charge on any atom is 0.251 e. The first kappa shape index (κ1) is 16.1. The average molecular weight is 297 g/mol. The summed E-state index contributed by atoms with van der Waals surface area (Å²) in [6.07, 6.45) is 0. The summed E-state index contributed by atoms with van der Waals surface area (Å²) in [7, 11) is 0. The molecular weight excluding hydrogens is 274 g/mol. The molecule has 0 saturated heterocycles. The largest absolute Gasteiger partial charge is 0.494 e. The molecule has 22 heavy (non-hydrogen) atoms. The molecule has 1 amide bonds. The van der Waals surface area contributed by atoms with E-state index in [9.17, 15) is 4.79 Å². The molecule has 0 aromatic heterocycles. The van der Waals surface area contributed by atoms with Gasteiger partial charge >= 0.3 is 0 Å². The Hall–Kier alpha value is -2.29. The summed E-state index contributed by atoms with van der Waals surface area (Å²) in [4.78, 5) is 12.4. The summed E-state index contributed by atoms with van der Waals surface area (Å²) in [5, 5.41) is 3.03. The zero-order valence-corrected chi connectivity index (χ0v) is 13.6. The Kier molecular flexibility index (Phi) is 5.21. The van der Waals surface area contributed by atoms with Gasteiger partial charge in [0, 0.05) is 5.56 Å². The molecule has 3 heteroatoms. The summed E-state index contributed by atoms with van der Waals surface area (Å²) >= 11 is 0. The molecule has 0 aliphatic carbocycles. The molecule has 2 aromatic rings. The molecular formula is C19H23NO2. The molecule has 2 rings (SSSR count). The fraction of sp³-hybridized carbons (Fsp3) is 0.316. The molecule has 0 bridgehead atoms. The third kappa shape index (κ3) is 3.88. The van der Waals surface area contributed by atoms with Crippen LogP contribution in [0.1, 0.15) is 46.9 Å². The highest BCUT2D eigenvalue weighted by atomic mass is 16.5. The topological polar surface area (TPSA) is 38.3 Å². The van der Waals surface area contributed by atoms with E-state index < -0.39 is 0 Å². The number of hydrogen-bond donors (Lipinski definition) is 1. The number of rotatable bonds is 5. The van der Waals surface area contributed by atoms with E-state index in [2.05, 4.69) is 24.4 Å². The molecule has 0 aliphatic heterocycles. The van der Waals surface area contributed by atoms with E-state index in [4.69, 9.17) is 4.74 Å². The number of ether oxygens (including phenoxy) is 1. The smallest absolute Gasteiger partial charge is 0.251 e. The van der Waals surface area contributed by atoms with E-state index in [0.717, 1.165) is 16.9 Å². The van der Waals surface area contributed by atoms with Crippen LogP contribution in [0.3, 0.4) is 0 Å². The normalized spacial score (nSPS) is 11.8. The monoisotopic (exact) mass is 297 g/mol. The van der Waals surface area contributed by atoms with Crippen LogP contribution < -0.4 is 10.1 Å². The Morgan fingerprint density at radius 2 is 1.82 bits per heavy atom. The zero-order chi connectivity index (χ0) is 16.1. The lowest BCUT2D eigenvalue weighted by molar-refractivity contribution is 0.0940. The Morgan fingerprint density at radius 3 is 2.41 bits per heavy atom. The van der Waals surface area contributed by atoms with Gasteiger partial charge in [-0.1, -0.05) is 29.8 Å². The van der Waals surface area contributed by atoms with Crippen LogP contribution in [0.4, 0.5) is 0 Å². The molecule has 116 valence electrons. The highest BCUT2D eigenvalue weighted by molar-refractivity contribution is 5.94. The molecule has 0 radical (unpaired) electrons. The number of aryl methyl sites for hydroxylation is 2. The Balaban J connectivity index is 2.08. The number of benzene rings is 2. The van der Waals surface area contributed by atoms with Crippen molar-refractivity contribution in [1.82, 2.24) is 5.32 Å². The molecule has 1 unspecified atom stereocenters. The fourth-order valence-corrected chi connectivity index (χ4v) is 2.33.